The summed E-state index contributed by atoms with van der Waals surface area (Å²) in [5.74, 6) is 1.02. The molecule has 1 heterocycles. The third kappa shape index (κ3) is 4.41. The van der Waals surface area contributed by atoms with Crippen LogP contribution in [-0.4, -0.2) is 25.6 Å². The molecule has 26 heavy (non-hydrogen) atoms. The Morgan fingerprint density at radius 3 is 2.88 bits per heavy atom. The molecule has 0 fully saturated rings. The van der Waals surface area contributed by atoms with Gasteiger partial charge in [-0.2, -0.15) is 0 Å². The van der Waals surface area contributed by atoms with Crippen molar-refractivity contribution in [3.63, 3.8) is 0 Å². The van der Waals surface area contributed by atoms with Crippen LogP contribution in [-0.2, 0) is 17.8 Å². The first-order valence-electron chi connectivity index (χ1n) is 9.02. The SMILES string of the molecule is CNC(=O)C(C)NCc1ccc2c(c1)C(CCc1cccc(F)c1)CO2. The van der Waals surface area contributed by atoms with Crippen molar-refractivity contribution < 1.29 is 13.9 Å². The molecule has 1 aliphatic rings. The number of nitrogens with one attached hydrogen (secondary N) is 2. The summed E-state index contributed by atoms with van der Waals surface area (Å²) in [6, 6.07) is 12.7. The summed E-state index contributed by atoms with van der Waals surface area (Å²) in [7, 11) is 1.64. The molecule has 0 bridgehead atoms. The van der Waals surface area contributed by atoms with Gasteiger partial charge >= 0.3 is 0 Å². The molecular weight excluding hydrogens is 331 g/mol. The Hall–Kier alpha value is -2.40. The van der Waals surface area contributed by atoms with Crippen LogP contribution in [0.1, 0.15) is 36.0 Å². The molecule has 0 aromatic heterocycles. The Bertz CT molecular complexity index is 778. The van der Waals surface area contributed by atoms with Crippen molar-refractivity contribution in [3.05, 3.63) is 65.0 Å². The highest BCUT2D eigenvalue weighted by Gasteiger charge is 2.24. The molecule has 2 atom stereocenters. The van der Waals surface area contributed by atoms with Gasteiger partial charge in [0.2, 0.25) is 5.91 Å². The number of likely N-dealkylation sites (N-methyl/N-ethyl adjacent to an activating group) is 1. The highest BCUT2D eigenvalue weighted by Crippen LogP contribution is 2.37. The molecular formula is C21H25FN2O2. The molecule has 0 aliphatic carbocycles. The molecule has 2 aromatic rings. The van der Waals surface area contributed by atoms with Gasteiger partial charge in [-0.25, -0.2) is 4.39 Å². The predicted octanol–water partition coefficient (Wildman–Crippen LogP) is 3.16. The summed E-state index contributed by atoms with van der Waals surface area (Å²) in [6.07, 6.45) is 1.74. The first-order valence-corrected chi connectivity index (χ1v) is 9.02. The molecule has 0 spiro atoms. The summed E-state index contributed by atoms with van der Waals surface area (Å²) in [6.45, 7) is 3.13. The van der Waals surface area contributed by atoms with E-state index in [1.54, 1.807) is 19.2 Å². The van der Waals surface area contributed by atoms with Crippen LogP contribution in [0.4, 0.5) is 4.39 Å². The zero-order valence-corrected chi connectivity index (χ0v) is 15.2. The maximum atomic E-state index is 13.3. The van der Waals surface area contributed by atoms with Gasteiger partial charge in [0.25, 0.3) is 0 Å². The van der Waals surface area contributed by atoms with Crippen molar-refractivity contribution in [1.82, 2.24) is 10.6 Å². The molecule has 3 rings (SSSR count). The number of rotatable bonds is 7. The summed E-state index contributed by atoms with van der Waals surface area (Å²) in [4.78, 5) is 11.6. The first kappa shape index (κ1) is 18.4. The van der Waals surface area contributed by atoms with E-state index >= 15 is 0 Å². The summed E-state index contributed by atoms with van der Waals surface area (Å²) in [5, 5.41) is 5.86. The zero-order chi connectivity index (χ0) is 18.5. The summed E-state index contributed by atoms with van der Waals surface area (Å²) in [5.41, 5.74) is 3.34. The fourth-order valence-corrected chi connectivity index (χ4v) is 3.29. The number of aryl methyl sites for hydroxylation is 1. The van der Waals surface area contributed by atoms with E-state index in [4.69, 9.17) is 4.74 Å². The van der Waals surface area contributed by atoms with Gasteiger partial charge in [-0.1, -0.05) is 24.3 Å². The molecule has 5 heteroatoms. The second kappa shape index (κ2) is 8.32. The average molecular weight is 356 g/mol. The van der Waals surface area contributed by atoms with Gasteiger partial charge in [-0.3, -0.25) is 4.79 Å². The minimum atomic E-state index is -0.242. The van der Waals surface area contributed by atoms with E-state index in [9.17, 15) is 9.18 Å². The van der Waals surface area contributed by atoms with Crippen molar-refractivity contribution in [2.24, 2.45) is 0 Å². The van der Waals surface area contributed by atoms with E-state index < -0.39 is 0 Å². The number of hydrogen-bond acceptors (Lipinski definition) is 3. The number of carbonyl (C=O) groups excluding carboxylic acids is 1. The lowest BCUT2D eigenvalue weighted by molar-refractivity contribution is -0.122. The number of benzene rings is 2. The molecule has 2 N–H and O–H groups in total. The van der Waals surface area contributed by atoms with Crippen molar-refractivity contribution >= 4 is 5.91 Å². The highest BCUT2D eigenvalue weighted by molar-refractivity contribution is 5.80. The largest absolute Gasteiger partial charge is 0.493 e. The number of amides is 1. The van der Waals surface area contributed by atoms with Gasteiger partial charge in [0, 0.05) is 25.1 Å². The van der Waals surface area contributed by atoms with Crippen LogP contribution < -0.4 is 15.4 Å². The van der Waals surface area contributed by atoms with E-state index in [0.29, 0.717) is 19.1 Å². The minimum Gasteiger partial charge on any atom is -0.493 e. The Morgan fingerprint density at radius 1 is 1.27 bits per heavy atom. The van der Waals surface area contributed by atoms with Crippen LogP contribution in [0.3, 0.4) is 0 Å². The van der Waals surface area contributed by atoms with Gasteiger partial charge in [-0.15, -0.1) is 0 Å². The van der Waals surface area contributed by atoms with Crippen molar-refractivity contribution in [3.8, 4) is 5.75 Å². The molecule has 2 unspecified atom stereocenters. The third-order valence-corrected chi connectivity index (χ3v) is 4.88. The molecule has 138 valence electrons. The maximum absolute atomic E-state index is 13.3. The number of fused-ring (bicyclic) bond motifs is 1. The molecule has 0 radical (unpaired) electrons. The highest BCUT2D eigenvalue weighted by atomic mass is 19.1. The zero-order valence-electron chi connectivity index (χ0n) is 15.2. The molecule has 1 amide bonds. The van der Waals surface area contributed by atoms with Crippen molar-refractivity contribution in [2.75, 3.05) is 13.7 Å². The van der Waals surface area contributed by atoms with Crippen molar-refractivity contribution in [2.45, 2.75) is 38.3 Å². The second-order valence-electron chi connectivity index (χ2n) is 6.77. The van der Waals surface area contributed by atoms with Gasteiger partial charge < -0.3 is 15.4 Å². The molecule has 0 saturated carbocycles. The van der Waals surface area contributed by atoms with Crippen LogP contribution in [0.5, 0.6) is 5.75 Å². The fourth-order valence-electron chi connectivity index (χ4n) is 3.29. The Morgan fingerprint density at radius 2 is 2.12 bits per heavy atom. The molecule has 4 nitrogen and oxygen atoms in total. The van der Waals surface area contributed by atoms with Crippen LogP contribution in [0.25, 0.3) is 0 Å². The lowest BCUT2D eigenvalue weighted by Crippen LogP contribution is -2.40. The standard InChI is InChI=1S/C21H25FN2O2/c1-14(21(25)23-2)24-12-16-7-9-20-19(11-16)17(13-26-20)8-6-15-4-3-5-18(22)10-15/h3-5,7,9-11,14,17,24H,6,8,12-13H2,1-2H3,(H,23,25). The molecule has 0 saturated heterocycles. The van der Waals surface area contributed by atoms with Crippen LogP contribution in [0, 0.1) is 5.82 Å². The normalized spacial score (nSPS) is 16.7. The molecule has 1 aliphatic heterocycles. The topological polar surface area (TPSA) is 50.4 Å². The molecule has 2 aromatic carbocycles. The summed E-state index contributed by atoms with van der Waals surface area (Å²) >= 11 is 0. The first-order chi connectivity index (χ1) is 12.6. The lowest BCUT2D eigenvalue weighted by atomic mass is 9.93. The minimum absolute atomic E-state index is 0.0255. The van der Waals surface area contributed by atoms with E-state index in [0.717, 1.165) is 29.7 Å². The Kier molecular flexibility index (Phi) is 5.89. The number of ether oxygens (including phenoxy) is 1. The quantitative estimate of drug-likeness (QED) is 0.801. The van der Waals surface area contributed by atoms with Crippen molar-refractivity contribution in [1.29, 1.82) is 0 Å². The second-order valence-corrected chi connectivity index (χ2v) is 6.77. The number of hydrogen-bond donors (Lipinski definition) is 2. The van der Waals surface area contributed by atoms with Crippen LogP contribution in [0.2, 0.25) is 0 Å². The monoisotopic (exact) mass is 356 g/mol. The van der Waals surface area contributed by atoms with E-state index in [2.05, 4.69) is 16.7 Å². The van der Waals surface area contributed by atoms with E-state index in [1.165, 1.54) is 11.6 Å². The fraction of sp³-hybridized carbons (Fsp3) is 0.381. The summed E-state index contributed by atoms with van der Waals surface area (Å²) < 4.78 is 19.1. The number of carbonyl (C=O) groups is 1. The third-order valence-electron chi connectivity index (χ3n) is 4.88. The van der Waals surface area contributed by atoms with E-state index in [1.807, 2.05) is 25.1 Å². The van der Waals surface area contributed by atoms with Crippen LogP contribution >= 0.6 is 0 Å². The van der Waals surface area contributed by atoms with E-state index in [-0.39, 0.29) is 17.8 Å². The smallest absolute Gasteiger partial charge is 0.236 e. The Balaban J connectivity index is 1.62. The lowest BCUT2D eigenvalue weighted by Gasteiger charge is -2.14. The van der Waals surface area contributed by atoms with Gasteiger partial charge in [0.05, 0.1) is 12.6 Å². The predicted molar refractivity (Wildman–Crippen MR) is 99.8 cm³/mol. The van der Waals surface area contributed by atoms with Gasteiger partial charge in [-0.05, 0) is 49.1 Å². The number of halogens is 1. The average Bonchev–Trinajstić information content (AvgIpc) is 3.06. The maximum Gasteiger partial charge on any atom is 0.236 e. The van der Waals surface area contributed by atoms with Gasteiger partial charge in [0.15, 0.2) is 0 Å². The van der Waals surface area contributed by atoms with Gasteiger partial charge in [0.1, 0.15) is 11.6 Å². The Labute approximate surface area is 153 Å². The van der Waals surface area contributed by atoms with Crippen LogP contribution in [0.15, 0.2) is 42.5 Å².